The first-order valence-corrected chi connectivity index (χ1v) is 9.65. The molecule has 0 spiro atoms. The molecule has 0 aromatic carbocycles. The molecule has 0 fully saturated rings. The fraction of sp³-hybridized carbons (Fsp3) is 0.227. The lowest BCUT2D eigenvalue weighted by Crippen LogP contribution is -2.09. The quantitative estimate of drug-likeness (QED) is 0.455. The summed E-state index contributed by atoms with van der Waals surface area (Å²) in [6.45, 7) is 0.849. The predicted octanol–water partition coefficient (Wildman–Crippen LogP) is 5.49. The van der Waals surface area contributed by atoms with Gasteiger partial charge in [-0.2, -0.15) is 8.78 Å². The fourth-order valence-electron chi connectivity index (χ4n) is 3.21. The van der Waals surface area contributed by atoms with Crippen LogP contribution in [0.1, 0.15) is 35.0 Å². The number of pyridine rings is 3. The molecule has 4 aromatic heterocycles. The Morgan fingerprint density at radius 3 is 2.45 bits per heavy atom. The highest BCUT2D eigenvalue weighted by atomic mass is 35.5. The van der Waals surface area contributed by atoms with Gasteiger partial charge in [0.2, 0.25) is 0 Å². The van der Waals surface area contributed by atoms with Gasteiger partial charge in [-0.1, -0.05) is 23.7 Å². The van der Waals surface area contributed by atoms with E-state index in [1.54, 1.807) is 12.3 Å². The number of halogens is 3. The van der Waals surface area contributed by atoms with Crippen molar-refractivity contribution in [1.29, 1.82) is 0 Å². The van der Waals surface area contributed by atoms with Crippen LogP contribution in [-0.4, -0.2) is 19.9 Å². The van der Waals surface area contributed by atoms with Crippen molar-refractivity contribution in [1.82, 2.24) is 19.9 Å². The Balaban J connectivity index is 1.39. The van der Waals surface area contributed by atoms with E-state index in [-0.39, 0.29) is 5.69 Å². The Kier molecular flexibility index (Phi) is 5.28. The highest BCUT2D eigenvalue weighted by molar-refractivity contribution is 6.31. The molecule has 4 aromatic rings. The lowest BCUT2D eigenvalue weighted by Gasteiger charge is -2.09. The summed E-state index contributed by atoms with van der Waals surface area (Å²) in [6.07, 6.45) is 9.09. The minimum absolute atomic E-state index is 0.211. The van der Waals surface area contributed by atoms with Crippen LogP contribution in [0.3, 0.4) is 0 Å². The normalized spacial score (nSPS) is 11.9. The maximum absolute atomic E-state index is 13.2. The van der Waals surface area contributed by atoms with Gasteiger partial charge in [0.15, 0.2) is 0 Å². The monoisotopic (exact) mass is 412 g/mol. The fourth-order valence-corrected chi connectivity index (χ4v) is 3.37. The Morgan fingerprint density at radius 1 is 0.966 bits per heavy atom. The van der Waals surface area contributed by atoms with E-state index < -0.39 is 5.92 Å². The number of rotatable bonds is 6. The molecular weight excluding hydrogens is 394 g/mol. The Hall–Kier alpha value is -2.86. The van der Waals surface area contributed by atoms with Crippen molar-refractivity contribution in [3.63, 3.8) is 0 Å². The van der Waals surface area contributed by atoms with Gasteiger partial charge in [0.25, 0.3) is 5.92 Å². The molecule has 0 aliphatic rings. The molecule has 0 atom stereocenters. The predicted molar refractivity (Wildman–Crippen MR) is 109 cm³/mol. The van der Waals surface area contributed by atoms with E-state index in [4.69, 9.17) is 11.6 Å². The number of nitrogens with one attached hydrogen (secondary N) is 1. The van der Waals surface area contributed by atoms with Crippen molar-refractivity contribution in [2.75, 3.05) is 0 Å². The maximum atomic E-state index is 13.2. The lowest BCUT2D eigenvalue weighted by atomic mass is 10.1. The van der Waals surface area contributed by atoms with Crippen molar-refractivity contribution in [2.24, 2.45) is 0 Å². The summed E-state index contributed by atoms with van der Waals surface area (Å²) in [5, 5.41) is 1.62. The molecule has 0 unspecified atom stereocenters. The highest BCUT2D eigenvalue weighted by Gasteiger charge is 2.25. The average Bonchev–Trinajstić information content (AvgIpc) is 3.09. The molecule has 0 amide bonds. The molecule has 0 saturated carbocycles. The summed E-state index contributed by atoms with van der Waals surface area (Å²) < 4.78 is 26.5. The molecule has 0 saturated heterocycles. The number of aromatic amines is 1. The van der Waals surface area contributed by atoms with Gasteiger partial charge in [-0.3, -0.25) is 9.97 Å². The molecule has 4 rings (SSSR count). The van der Waals surface area contributed by atoms with Crippen LogP contribution in [0.2, 0.25) is 5.02 Å². The number of hydrogen-bond acceptors (Lipinski definition) is 3. The van der Waals surface area contributed by atoms with Gasteiger partial charge in [0, 0.05) is 49.2 Å². The molecule has 1 N–H and O–H groups in total. The third-order valence-electron chi connectivity index (χ3n) is 4.81. The summed E-state index contributed by atoms with van der Waals surface area (Å²) in [5.41, 5.74) is 4.66. The van der Waals surface area contributed by atoms with Gasteiger partial charge in [-0.15, -0.1) is 0 Å². The summed E-state index contributed by atoms with van der Waals surface area (Å²) in [6, 6.07) is 9.04. The SMILES string of the molecule is CC(F)(F)c1ccc(CCc2ccc(Cc3c[nH]c4ncc(Cl)cc34)cn2)cn1. The van der Waals surface area contributed by atoms with E-state index in [0.717, 1.165) is 53.2 Å². The third-order valence-corrected chi connectivity index (χ3v) is 5.01. The molecule has 7 heteroatoms. The molecule has 0 aliphatic carbocycles. The van der Waals surface area contributed by atoms with Crippen LogP contribution in [0.5, 0.6) is 0 Å². The van der Waals surface area contributed by atoms with Crippen molar-refractivity contribution in [3.05, 3.63) is 88.2 Å². The minimum Gasteiger partial charge on any atom is -0.346 e. The Bertz CT molecular complexity index is 1120. The average molecular weight is 413 g/mol. The summed E-state index contributed by atoms with van der Waals surface area (Å²) in [4.78, 5) is 15.8. The number of H-pyrrole nitrogens is 1. The van der Waals surface area contributed by atoms with Crippen molar-refractivity contribution >= 4 is 22.6 Å². The van der Waals surface area contributed by atoms with Crippen LogP contribution in [0.25, 0.3) is 11.0 Å². The van der Waals surface area contributed by atoms with Gasteiger partial charge in [-0.05, 0) is 47.7 Å². The molecule has 0 aliphatic heterocycles. The molecule has 0 bridgehead atoms. The van der Waals surface area contributed by atoms with Gasteiger partial charge >= 0.3 is 0 Å². The second-order valence-electron chi connectivity index (χ2n) is 7.14. The zero-order chi connectivity index (χ0) is 20.4. The zero-order valence-electron chi connectivity index (χ0n) is 15.8. The van der Waals surface area contributed by atoms with Crippen LogP contribution in [0.15, 0.2) is 55.1 Å². The summed E-state index contributed by atoms with van der Waals surface area (Å²) in [5.74, 6) is -2.91. The van der Waals surface area contributed by atoms with Crippen LogP contribution >= 0.6 is 11.6 Å². The zero-order valence-corrected chi connectivity index (χ0v) is 16.5. The van der Waals surface area contributed by atoms with Crippen LogP contribution in [-0.2, 0) is 25.2 Å². The second-order valence-corrected chi connectivity index (χ2v) is 7.57. The van der Waals surface area contributed by atoms with Crippen molar-refractivity contribution in [3.8, 4) is 0 Å². The largest absolute Gasteiger partial charge is 0.346 e. The highest BCUT2D eigenvalue weighted by Crippen LogP contribution is 2.25. The first kappa shape index (κ1) is 19.5. The summed E-state index contributed by atoms with van der Waals surface area (Å²) >= 11 is 6.06. The molecule has 148 valence electrons. The smallest absolute Gasteiger partial charge is 0.286 e. The Morgan fingerprint density at radius 2 is 1.76 bits per heavy atom. The number of hydrogen-bond donors (Lipinski definition) is 1. The van der Waals surface area contributed by atoms with Gasteiger partial charge < -0.3 is 4.98 Å². The number of aromatic nitrogens is 4. The molecule has 4 heterocycles. The van der Waals surface area contributed by atoms with Crippen LogP contribution in [0.4, 0.5) is 8.78 Å². The van der Waals surface area contributed by atoms with E-state index in [1.807, 2.05) is 24.5 Å². The number of nitrogens with zero attached hydrogens (tertiary/aromatic N) is 3. The van der Waals surface area contributed by atoms with E-state index in [9.17, 15) is 8.78 Å². The van der Waals surface area contributed by atoms with E-state index in [0.29, 0.717) is 11.4 Å². The maximum Gasteiger partial charge on any atom is 0.286 e. The third kappa shape index (κ3) is 4.59. The van der Waals surface area contributed by atoms with Crippen LogP contribution in [0, 0.1) is 0 Å². The first-order valence-electron chi connectivity index (χ1n) is 9.27. The van der Waals surface area contributed by atoms with Gasteiger partial charge in [0.1, 0.15) is 11.3 Å². The lowest BCUT2D eigenvalue weighted by molar-refractivity contribution is 0.0127. The minimum atomic E-state index is -2.91. The van der Waals surface area contributed by atoms with E-state index in [2.05, 4.69) is 26.0 Å². The van der Waals surface area contributed by atoms with E-state index in [1.165, 1.54) is 12.3 Å². The molecule has 4 nitrogen and oxygen atoms in total. The Labute approximate surface area is 172 Å². The second kappa shape index (κ2) is 7.87. The van der Waals surface area contributed by atoms with Gasteiger partial charge in [-0.25, -0.2) is 4.98 Å². The van der Waals surface area contributed by atoms with Crippen LogP contribution < -0.4 is 0 Å². The topological polar surface area (TPSA) is 54.5 Å². The first-order chi connectivity index (χ1) is 13.9. The number of fused-ring (bicyclic) bond motifs is 1. The van der Waals surface area contributed by atoms with Crippen molar-refractivity contribution in [2.45, 2.75) is 32.1 Å². The number of alkyl halides is 2. The molecule has 0 radical (unpaired) electrons. The van der Waals surface area contributed by atoms with Gasteiger partial charge in [0.05, 0.1) is 5.02 Å². The molecular formula is C22H19ClF2N4. The number of aryl methyl sites for hydroxylation is 2. The molecule has 29 heavy (non-hydrogen) atoms. The van der Waals surface area contributed by atoms with E-state index >= 15 is 0 Å². The summed E-state index contributed by atoms with van der Waals surface area (Å²) in [7, 11) is 0. The standard InChI is InChI=1S/C22H19ClF2N4/c1-22(24,25)20-7-4-14(10-27-20)2-5-18-6-3-15(11-26-18)8-16-12-28-21-19(16)9-17(23)13-29-21/h3-4,6-7,9-13H,2,5,8H2,1H3,(H,28,29). The van der Waals surface area contributed by atoms with Crippen molar-refractivity contribution < 1.29 is 8.78 Å².